The zero-order valence-corrected chi connectivity index (χ0v) is 10.6. The number of carbonyl (C=O) groups is 1. The average Bonchev–Trinajstić information content (AvgIpc) is 2.91. The third-order valence-electron chi connectivity index (χ3n) is 2.85. The highest BCUT2D eigenvalue weighted by molar-refractivity contribution is 5.96. The van der Waals surface area contributed by atoms with Crippen LogP contribution in [0, 0.1) is 10.1 Å². The average molecular weight is 283 g/mol. The Morgan fingerprint density at radius 3 is 2.81 bits per heavy atom. The molecular weight excluding hydrogens is 274 g/mol. The number of benzene rings is 2. The van der Waals surface area contributed by atoms with Gasteiger partial charge in [-0.25, -0.2) is 4.79 Å². The number of anilines is 1. The van der Waals surface area contributed by atoms with Gasteiger partial charge in [-0.2, -0.15) is 4.68 Å². The Hall–Kier alpha value is -3.29. The highest BCUT2D eigenvalue weighted by Gasteiger charge is 2.13. The summed E-state index contributed by atoms with van der Waals surface area (Å²) >= 11 is 0. The minimum atomic E-state index is -0.538. The lowest BCUT2D eigenvalue weighted by Gasteiger charge is -2.04. The number of hydrogen-bond acceptors (Lipinski definition) is 5. The molecule has 8 nitrogen and oxygen atoms in total. The van der Waals surface area contributed by atoms with Crippen molar-refractivity contribution in [3.05, 3.63) is 58.6 Å². The molecule has 2 aromatic carbocycles. The molecule has 0 unspecified atom stereocenters. The number of rotatable bonds is 2. The van der Waals surface area contributed by atoms with Crippen molar-refractivity contribution >= 4 is 28.4 Å². The van der Waals surface area contributed by atoms with E-state index in [9.17, 15) is 14.9 Å². The predicted octanol–water partition coefficient (Wildman–Crippen LogP) is 2.42. The number of nitro benzene ring substituents is 1. The molecule has 1 heterocycles. The van der Waals surface area contributed by atoms with Crippen molar-refractivity contribution < 1.29 is 9.72 Å². The van der Waals surface area contributed by atoms with E-state index in [0.29, 0.717) is 16.7 Å². The molecule has 0 atom stereocenters. The summed E-state index contributed by atoms with van der Waals surface area (Å²) < 4.78 is 1.11. The monoisotopic (exact) mass is 283 g/mol. The smallest absolute Gasteiger partial charge is 0.306 e. The topological polar surface area (TPSA) is 103 Å². The molecule has 1 N–H and O–H groups in total. The molecule has 0 aliphatic rings. The van der Waals surface area contributed by atoms with Crippen molar-refractivity contribution in [2.45, 2.75) is 0 Å². The highest BCUT2D eigenvalue weighted by Crippen LogP contribution is 2.18. The first-order valence-corrected chi connectivity index (χ1v) is 6.01. The van der Waals surface area contributed by atoms with Gasteiger partial charge >= 0.3 is 6.03 Å². The van der Waals surface area contributed by atoms with Gasteiger partial charge in [-0.15, -0.1) is 5.10 Å². The SMILES string of the molecule is O=C(Nc1cccc([N+](=O)[O-])c1)n1nnc2ccccc21. The molecule has 3 aromatic rings. The number of amides is 1. The van der Waals surface area contributed by atoms with Gasteiger partial charge in [0.1, 0.15) is 5.52 Å². The third kappa shape index (κ3) is 2.41. The van der Waals surface area contributed by atoms with E-state index in [1.165, 1.54) is 18.2 Å². The molecule has 0 fully saturated rings. The number of aromatic nitrogens is 3. The van der Waals surface area contributed by atoms with Crippen molar-refractivity contribution in [1.29, 1.82) is 0 Å². The first-order valence-electron chi connectivity index (χ1n) is 6.01. The number of fused-ring (bicyclic) bond motifs is 1. The van der Waals surface area contributed by atoms with Crippen LogP contribution >= 0.6 is 0 Å². The van der Waals surface area contributed by atoms with Crippen molar-refractivity contribution in [3.8, 4) is 0 Å². The van der Waals surface area contributed by atoms with Gasteiger partial charge in [0.2, 0.25) is 0 Å². The van der Waals surface area contributed by atoms with Gasteiger partial charge in [0.15, 0.2) is 0 Å². The quantitative estimate of drug-likeness (QED) is 0.574. The van der Waals surface area contributed by atoms with Crippen LogP contribution in [0.5, 0.6) is 0 Å². The van der Waals surface area contributed by atoms with Crippen molar-refractivity contribution in [3.63, 3.8) is 0 Å². The summed E-state index contributed by atoms with van der Waals surface area (Å²) in [7, 11) is 0. The molecule has 3 rings (SSSR count). The zero-order chi connectivity index (χ0) is 14.8. The zero-order valence-electron chi connectivity index (χ0n) is 10.6. The summed E-state index contributed by atoms with van der Waals surface area (Å²) in [6, 6.07) is 12.1. The van der Waals surface area contributed by atoms with E-state index in [4.69, 9.17) is 0 Å². The fourth-order valence-electron chi connectivity index (χ4n) is 1.89. The second kappa shape index (κ2) is 5.00. The van der Waals surface area contributed by atoms with Gasteiger partial charge < -0.3 is 5.32 Å². The van der Waals surface area contributed by atoms with Crippen molar-refractivity contribution in [2.24, 2.45) is 0 Å². The van der Waals surface area contributed by atoms with Crippen LogP contribution in [0.15, 0.2) is 48.5 Å². The standard InChI is InChI=1S/C13H9N5O3/c19-13(14-9-4-3-5-10(8-9)18(20)21)17-12-7-2-1-6-11(12)15-16-17/h1-8H,(H,14,19). The van der Waals surface area contributed by atoms with Crippen LogP contribution in [0.2, 0.25) is 0 Å². The Morgan fingerprint density at radius 1 is 1.19 bits per heavy atom. The molecule has 0 saturated heterocycles. The van der Waals surface area contributed by atoms with Gasteiger partial charge in [0, 0.05) is 17.8 Å². The summed E-state index contributed by atoms with van der Waals surface area (Å²) in [6.07, 6.45) is 0. The Kier molecular flexibility index (Phi) is 3.03. The van der Waals surface area contributed by atoms with E-state index < -0.39 is 11.0 Å². The van der Waals surface area contributed by atoms with E-state index in [1.807, 2.05) is 0 Å². The van der Waals surface area contributed by atoms with E-state index in [1.54, 1.807) is 30.3 Å². The van der Waals surface area contributed by atoms with E-state index >= 15 is 0 Å². The summed E-state index contributed by atoms with van der Waals surface area (Å²) in [5.41, 5.74) is 1.36. The maximum absolute atomic E-state index is 12.1. The molecular formula is C13H9N5O3. The number of nitrogens with one attached hydrogen (secondary N) is 1. The molecule has 0 radical (unpaired) electrons. The minimum absolute atomic E-state index is 0.101. The lowest BCUT2D eigenvalue weighted by Crippen LogP contribution is -2.20. The lowest BCUT2D eigenvalue weighted by atomic mass is 10.3. The normalized spacial score (nSPS) is 10.5. The van der Waals surface area contributed by atoms with E-state index in [-0.39, 0.29) is 5.69 Å². The van der Waals surface area contributed by atoms with Crippen LogP contribution in [0.1, 0.15) is 0 Å². The number of nitro groups is 1. The summed E-state index contributed by atoms with van der Waals surface area (Å²) in [5.74, 6) is 0. The summed E-state index contributed by atoms with van der Waals surface area (Å²) in [4.78, 5) is 22.3. The molecule has 104 valence electrons. The molecule has 8 heteroatoms. The second-order valence-electron chi connectivity index (χ2n) is 4.23. The van der Waals surface area contributed by atoms with Crippen molar-refractivity contribution in [2.75, 3.05) is 5.32 Å². The fourth-order valence-corrected chi connectivity index (χ4v) is 1.89. The molecule has 1 aromatic heterocycles. The molecule has 0 spiro atoms. The number of non-ortho nitro benzene ring substituents is 1. The van der Waals surface area contributed by atoms with Crippen LogP contribution in [-0.2, 0) is 0 Å². The lowest BCUT2D eigenvalue weighted by molar-refractivity contribution is -0.384. The van der Waals surface area contributed by atoms with Gasteiger partial charge in [-0.1, -0.05) is 23.4 Å². The number of hydrogen-bond donors (Lipinski definition) is 1. The maximum Gasteiger partial charge on any atom is 0.348 e. The first kappa shape index (κ1) is 12.7. The summed E-state index contributed by atoms with van der Waals surface area (Å²) in [5, 5.41) is 20.9. The van der Waals surface area contributed by atoms with E-state index in [0.717, 1.165) is 4.68 Å². The van der Waals surface area contributed by atoms with Crippen LogP contribution in [0.4, 0.5) is 16.2 Å². The molecule has 0 aliphatic carbocycles. The van der Waals surface area contributed by atoms with Crippen molar-refractivity contribution in [1.82, 2.24) is 15.0 Å². The Morgan fingerprint density at radius 2 is 2.00 bits per heavy atom. The van der Waals surface area contributed by atoms with E-state index in [2.05, 4.69) is 15.6 Å². The minimum Gasteiger partial charge on any atom is -0.306 e. The Labute approximate surface area is 118 Å². The van der Waals surface area contributed by atoms with Gasteiger partial charge in [0.25, 0.3) is 5.69 Å². The molecule has 1 amide bonds. The molecule has 0 aliphatic heterocycles. The van der Waals surface area contributed by atoms with Crippen LogP contribution in [-0.4, -0.2) is 25.9 Å². The first-order chi connectivity index (χ1) is 10.1. The maximum atomic E-state index is 12.1. The summed E-state index contributed by atoms with van der Waals surface area (Å²) in [6.45, 7) is 0. The van der Waals surface area contributed by atoms with Crippen LogP contribution in [0.3, 0.4) is 0 Å². The Balaban J connectivity index is 1.90. The largest absolute Gasteiger partial charge is 0.348 e. The number of para-hydroxylation sites is 1. The number of carbonyl (C=O) groups excluding carboxylic acids is 1. The predicted molar refractivity (Wildman–Crippen MR) is 75.0 cm³/mol. The molecule has 0 bridgehead atoms. The van der Waals surface area contributed by atoms with Gasteiger partial charge in [0.05, 0.1) is 10.4 Å². The fraction of sp³-hybridized carbons (Fsp3) is 0. The Bertz CT molecular complexity index is 842. The van der Waals surface area contributed by atoms with Gasteiger partial charge in [-0.05, 0) is 18.2 Å². The van der Waals surface area contributed by atoms with Gasteiger partial charge in [-0.3, -0.25) is 10.1 Å². The number of nitrogens with zero attached hydrogens (tertiary/aromatic N) is 4. The van der Waals surface area contributed by atoms with Crippen LogP contribution < -0.4 is 5.32 Å². The molecule has 21 heavy (non-hydrogen) atoms. The second-order valence-corrected chi connectivity index (χ2v) is 4.23. The third-order valence-corrected chi connectivity index (χ3v) is 2.85. The molecule has 0 saturated carbocycles. The highest BCUT2D eigenvalue weighted by atomic mass is 16.6. The van der Waals surface area contributed by atoms with Crippen LogP contribution in [0.25, 0.3) is 11.0 Å².